The summed E-state index contributed by atoms with van der Waals surface area (Å²) in [5.74, 6) is -0.163. The van der Waals surface area contributed by atoms with Crippen molar-refractivity contribution >= 4 is 17.0 Å². The van der Waals surface area contributed by atoms with E-state index in [-0.39, 0.29) is 0 Å². The molecule has 0 unspecified atom stereocenters. The van der Waals surface area contributed by atoms with Crippen LogP contribution in [0.3, 0.4) is 0 Å². The van der Waals surface area contributed by atoms with Gasteiger partial charge in [0.15, 0.2) is 0 Å². The van der Waals surface area contributed by atoms with Crippen LogP contribution in [0.25, 0.3) is 11.0 Å². The van der Waals surface area contributed by atoms with Crippen molar-refractivity contribution in [1.82, 2.24) is 15.0 Å². The van der Waals surface area contributed by atoms with Gasteiger partial charge in [0.1, 0.15) is 11.3 Å². The number of fused-ring (bicyclic) bond motifs is 1. The molecule has 0 radical (unpaired) electrons. The zero-order valence-corrected chi connectivity index (χ0v) is 11.9. The number of aromatic nitrogens is 3. The Kier molecular flexibility index (Phi) is 3.54. The fourth-order valence-electron chi connectivity index (χ4n) is 2.13. The van der Waals surface area contributed by atoms with E-state index in [0.29, 0.717) is 28.9 Å². The molecule has 0 amide bonds. The number of aryl methyl sites for hydroxylation is 1. The lowest BCUT2D eigenvalue weighted by atomic mass is 10.2. The van der Waals surface area contributed by atoms with Gasteiger partial charge >= 0.3 is 5.97 Å². The van der Waals surface area contributed by atoms with E-state index in [1.807, 2.05) is 13.0 Å². The molecule has 22 heavy (non-hydrogen) atoms. The molecule has 6 nitrogen and oxygen atoms in total. The third kappa shape index (κ3) is 2.52. The molecule has 1 heterocycles. The van der Waals surface area contributed by atoms with Gasteiger partial charge in [-0.25, -0.2) is 9.48 Å². The van der Waals surface area contributed by atoms with E-state index in [1.54, 1.807) is 41.1 Å². The minimum absolute atomic E-state index is 0.335. The smallest absolute Gasteiger partial charge is 0.343 e. The molecule has 0 saturated heterocycles. The van der Waals surface area contributed by atoms with E-state index >= 15 is 0 Å². The number of carbonyl (C=O) groups is 1. The molecule has 0 N–H and O–H groups in total. The first-order chi connectivity index (χ1) is 10.7. The second-order valence-corrected chi connectivity index (χ2v) is 4.64. The van der Waals surface area contributed by atoms with Crippen molar-refractivity contribution in [1.29, 1.82) is 5.26 Å². The van der Waals surface area contributed by atoms with Gasteiger partial charge < -0.3 is 4.74 Å². The Bertz CT molecular complexity index is 893. The molecule has 0 aliphatic carbocycles. The third-order valence-corrected chi connectivity index (χ3v) is 3.22. The Morgan fingerprint density at radius 3 is 2.95 bits per heavy atom. The van der Waals surface area contributed by atoms with Crippen LogP contribution in [0.4, 0.5) is 0 Å². The zero-order chi connectivity index (χ0) is 15.5. The molecule has 0 aliphatic heterocycles. The number of carbonyl (C=O) groups excluding carboxylic acids is 1. The maximum atomic E-state index is 12.2. The summed E-state index contributed by atoms with van der Waals surface area (Å²) in [6.07, 6.45) is 0. The van der Waals surface area contributed by atoms with Crippen LogP contribution in [-0.4, -0.2) is 21.0 Å². The summed E-state index contributed by atoms with van der Waals surface area (Å²) < 4.78 is 7.03. The summed E-state index contributed by atoms with van der Waals surface area (Å²) in [6.45, 7) is 2.68. The number of nitrogens with zero attached hydrogens (tertiary/aromatic N) is 4. The Balaban J connectivity index is 1.87. The van der Waals surface area contributed by atoms with Gasteiger partial charge in [-0.1, -0.05) is 11.3 Å². The minimum atomic E-state index is -0.497. The third-order valence-electron chi connectivity index (χ3n) is 3.22. The van der Waals surface area contributed by atoms with Gasteiger partial charge in [-0.3, -0.25) is 0 Å². The molecule has 0 bridgehead atoms. The van der Waals surface area contributed by atoms with Crippen LogP contribution < -0.4 is 4.74 Å². The predicted octanol–water partition coefficient (Wildman–Crippen LogP) is 2.54. The molecule has 2 aromatic carbocycles. The largest absolute Gasteiger partial charge is 0.423 e. The summed E-state index contributed by atoms with van der Waals surface area (Å²) in [5, 5.41) is 16.9. The Morgan fingerprint density at radius 1 is 1.32 bits per heavy atom. The van der Waals surface area contributed by atoms with Gasteiger partial charge in [0.2, 0.25) is 0 Å². The van der Waals surface area contributed by atoms with Crippen molar-refractivity contribution in [2.45, 2.75) is 13.5 Å². The van der Waals surface area contributed by atoms with Crippen molar-refractivity contribution < 1.29 is 9.53 Å². The standard InChI is InChI=1S/C16H12N4O2/c1-2-20-15-7-6-12(9-14(15)18-19-20)16(21)22-13-5-3-4-11(8-13)10-17/h3-9H,2H2,1H3. The number of esters is 1. The molecule has 1 aromatic heterocycles. The van der Waals surface area contributed by atoms with E-state index in [1.165, 1.54) is 6.07 Å². The quantitative estimate of drug-likeness (QED) is 0.547. The van der Waals surface area contributed by atoms with Crippen LogP contribution in [0.1, 0.15) is 22.8 Å². The highest BCUT2D eigenvalue weighted by molar-refractivity contribution is 5.94. The van der Waals surface area contributed by atoms with Gasteiger partial charge in [-0.15, -0.1) is 5.10 Å². The summed E-state index contributed by atoms with van der Waals surface area (Å²) in [4.78, 5) is 12.2. The molecule has 0 saturated carbocycles. The zero-order valence-electron chi connectivity index (χ0n) is 11.9. The van der Waals surface area contributed by atoms with Crippen LogP contribution in [-0.2, 0) is 6.54 Å². The number of hydrogen-bond acceptors (Lipinski definition) is 5. The van der Waals surface area contributed by atoms with Crippen molar-refractivity contribution in [3.05, 3.63) is 53.6 Å². The van der Waals surface area contributed by atoms with Gasteiger partial charge in [-0.2, -0.15) is 5.26 Å². The topological polar surface area (TPSA) is 80.8 Å². The van der Waals surface area contributed by atoms with E-state index in [9.17, 15) is 4.79 Å². The molecule has 3 aromatic rings. The van der Waals surface area contributed by atoms with Gasteiger partial charge in [0, 0.05) is 6.54 Å². The molecule has 108 valence electrons. The van der Waals surface area contributed by atoms with Crippen LogP contribution >= 0.6 is 0 Å². The molecule has 0 fully saturated rings. The van der Waals surface area contributed by atoms with Gasteiger partial charge in [0.25, 0.3) is 0 Å². The average molecular weight is 292 g/mol. The minimum Gasteiger partial charge on any atom is -0.423 e. The maximum absolute atomic E-state index is 12.2. The number of nitriles is 1. The lowest BCUT2D eigenvalue weighted by molar-refractivity contribution is 0.0735. The molecule has 3 rings (SSSR count). The molecule has 0 atom stereocenters. The molecule has 6 heteroatoms. The number of hydrogen-bond donors (Lipinski definition) is 0. The molecule has 0 spiro atoms. The molecular formula is C16H12N4O2. The van der Waals surface area contributed by atoms with Crippen molar-refractivity contribution in [2.75, 3.05) is 0 Å². The monoisotopic (exact) mass is 292 g/mol. The normalized spacial score (nSPS) is 10.4. The summed E-state index contributed by atoms with van der Waals surface area (Å²) in [6, 6.07) is 13.6. The summed E-state index contributed by atoms with van der Waals surface area (Å²) in [5.41, 5.74) is 2.33. The SMILES string of the molecule is CCn1nnc2cc(C(=O)Oc3cccc(C#N)c3)ccc21. The highest BCUT2D eigenvalue weighted by atomic mass is 16.5. The second kappa shape index (κ2) is 5.66. The maximum Gasteiger partial charge on any atom is 0.343 e. The van der Waals surface area contributed by atoms with Crippen LogP contribution in [0.15, 0.2) is 42.5 Å². The molecular weight excluding hydrogens is 280 g/mol. The molecule has 0 aliphatic rings. The van der Waals surface area contributed by atoms with Crippen LogP contribution in [0.5, 0.6) is 5.75 Å². The number of rotatable bonds is 3. The average Bonchev–Trinajstić information content (AvgIpc) is 2.97. The lowest BCUT2D eigenvalue weighted by Crippen LogP contribution is -2.08. The highest BCUT2D eigenvalue weighted by Crippen LogP contribution is 2.17. The first kappa shape index (κ1) is 13.8. The Morgan fingerprint density at radius 2 is 2.18 bits per heavy atom. The Labute approximate surface area is 126 Å². The summed E-state index contributed by atoms with van der Waals surface area (Å²) >= 11 is 0. The van der Waals surface area contributed by atoms with Gasteiger partial charge in [0.05, 0.1) is 22.7 Å². The van der Waals surface area contributed by atoms with Crippen LogP contribution in [0.2, 0.25) is 0 Å². The van der Waals surface area contributed by atoms with Crippen molar-refractivity contribution in [3.8, 4) is 11.8 Å². The van der Waals surface area contributed by atoms with E-state index in [4.69, 9.17) is 10.00 Å². The van der Waals surface area contributed by atoms with Gasteiger partial charge in [-0.05, 0) is 43.3 Å². The Hall–Kier alpha value is -3.20. The lowest BCUT2D eigenvalue weighted by Gasteiger charge is -2.04. The van der Waals surface area contributed by atoms with Crippen molar-refractivity contribution in [2.24, 2.45) is 0 Å². The second-order valence-electron chi connectivity index (χ2n) is 4.64. The van der Waals surface area contributed by atoms with E-state index in [2.05, 4.69) is 10.3 Å². The first-order valence-electron chi connectivity index (χ1n) is 6.77. The van der Waals surface area contributed by atoms with E-state index < -0.39 is 5.97 Å². The summed E-state index contributed by atoms with van der Waals surface area (Å²) in [7, 11) is 0. The first-order valence-corrected chi connectivity index (χ1v) is 6.77. The predicted molar refractivity (Wildman–Crippen MR) is 79.3 cm³/mol. The van der Waals surface area contributed by atoms with Crippen LogP contribution in [0, 0.1) is 11.3 Å². The highest BCUT2D eigenvalue weighted by Gasteiger charge is 2.12. The fourth-order valence-corrected chi connectivity index (χ4v) is 2.13. The van der Waals surface area contributed by atoms with E-state index in [0.717, 1.165) is 5.52 Å². The fraction of sp³-hybridized carbons (Fsp3) is 0.125. The number of benzene rings is 2. The van der Waals surface area contributed by atoms with Crippen molar-refractivity contribution in [3.63, 3.8) is 0 Å². The number of ether oxygens (including phenoxy) is 1.